The van der Waals surface area contributed by atoms with E-state index in [4.69, 9.17) is 5.11 Å². The minimum Gasteiger partial charge on any atom is -0.395 e. The minimum atomic E-state index is -3.64. The number of nitrogens with zero attached hydrogens (tertiary/aromatic N) is 2. The molecule has 0 fully saturated rings. The summed E-state index contributed by atoms with van der Waals surface area (Å²) in [5.74, 6) is 0. The molecular weight excluding hydrogens is 242 g/mol. The average Bonchev–Trinajstić information content (AvgIpc) is 2.58. The summed E-state index contributed by atoms with van der Waals surface area (Å²) in [5.41, 5.74) is 0.920. The lowest BCUT2D eigenvalue weighted by Gasteiger charge is -2.19. The van der Waals surface area contributed by atoms with E-state index in [0.717, 1.165) is 0 Å². The second-order valence-corrected chi connectivity index (χ2v) is 5.51. The summed E-state index contributed by atoms with van der Waals surface area (Å²) >= 11 is 0. The number of nitrogens with one attached hydrogen (secondary N) is 1. The van der Waals surface area contributed by atoms with Crippen molar-refractivity contribution >= 4 is 10.0 Å². The Balaban J connectivity index is 3.20. The maximum Gasteiger partial charge on any atom is 0.247 e. The van der Waals surface area contributed by atoms with E-state index in [9.17, 15) is 8.42 Å². The van der Waals surface area contributed by atoms with Gasteiger partial charge in [-0.1, -0.05) is 6.08 Å². The molecule has 7 heteroatoms. The normalized spacial score (nSPS) is 12.0. The predicted octanol–water partition coefficient (Wildman–Crippen LogP) is 0.196. The van der Waals surface area contributed by atoms with Crippen molar-refractivity contribution in [2.75, 3.05) is 19.7 Å². The first-order chi connectivity index (χ1) is 7.95. The van der Waals surface area contributed by atoms with Gasteiger partial charge in [0.15, 0.2) is 0 Å². The van der Waals surface area contributed by atoms with Crippen LogP contribution in [0, 0.1) is 13.8 Å². The Morgan fingerprint density at radius 1 is 1.53 bits per heavy atom. The Morgan fingerprint density at radius 3 is 2.59 bits per heavy atom. The largest absolute Gasteiger partial charge is 0.395 e. The second kappa shape index (κ2) is 5.44. The molecule has 0 amide bonds. The van der Waals surface area contributed by atoms with Gasteiger partial charge in [0.25, 0.3) is 0 Å². The molecule has 0 aliphatic heterocycles. The predicted molar refractivity (Wildman–Crippen MR) is 64.1 cm³/mol. The highest BCUT2D eigenvalue weighted by molar-refractivity contribution is 7.89. The van der Waals surface area contributed by atoms with Crippen molar-refractivity contribution in [2.24, 2.45) is 0 Å². The average molecular weight is 259 g/mol. The summed E-state index contributed by atoms with van der Waals surface area (Å²) in [6, 6.07) is 0. The monoisotopic (exact) mass is 259 g/mol. The van der Waals surface area contributed by atoms with Gasteiger partial charge in [-0.25, -0.2) is 8.42 Å². The van der Waals surface area contributed by atoms with Crippen LogP contribution in [0.1, 0.15) is 11.4 Å². The van der Waals surface area contributed by atoms with Crippen molar-refractivity contribution in [3.8, 4) is 0 Å². The van der Waals surface area contributed by atoms with Gasteiger partial charge in [0.1, 0.15) is 4.90 Å². The Hall–Kier alpha value is -1.18. The van der Waals surface area contributed by atoms with Gasteiger partial charge in [-0.2, -0.15) is 9.40 Å². The van der Waals surface area contributed by atoms with Gasteiger partial charge in [-0.05, 0) is 13.8 Å². The maximum absolute atomic E-state index is 12.3. The third-order valence-electron chi connectivity index (χ3n) is 2.34. The first kappa shape index (κ1) is 13.9. The zero-order valence-corrected chi connectivity index (χ0v) is 10.8. The fraction of sp³-hybridized carbons (Fsp3) is 0.500. The number of aliphatic hydroxyl groups excluding tert-OH is 1. The van der Waals surface area contributed by atoms with Crippen LogP contribution in [0.2, 0.25) is 0 Å². The van der Waals surface area contributed by atoms with Gasteiger partial charge >= 0.3 is 0 Å². The minimum absolute atomic E-state index is 0.0401. The molecule has 0 saturated carbocycles. The molecule has 0 aliphatic rings. The smallest absolute Gasteiger partial charge is 0.247 e. The van der Waals surface area contributed by atoms with E-state index in [-0.39, 0.29) is 24.6 Å². The molecule has 0 radical (unpaired) electrons. The molecule has 0 bridgehead atoms. The van der Waals surface area contributed by atoms with Crippen LogP contribution in [0.3, 0.4) is 0 Å². The van der Waals surface area contributed by atoms with Crippen LogP contribution in [0.25, 0.3) is 0 Å². The number of rotatable bonds is 6. The second-order valence-electron chi connectivity index (χ2n) is 3.64. The molecule has 1 heterocycles. The molecule has 96 valence electrons. The fourth-order valence-electron chi connectivity index (χ4n) is 1.61. The van der Waals surface area contributed by atoms with E-state index in [1.165, 1.54) is 10.4 Å². The number of aromatic amines is 1. The third kappa shape index (κ3) is 2.74. The molecule has 0 unspecified atom stereocenters. The van der Waals surface area contributed by atoms with Crippen LogP contribution in [0.5, 0.6) is 0 Å². The highest BCUT2D eigenvalue weighted by Gasteiger charge is 2.28. The molecular formula is C10H17N3O3S. The first-order valence-corrected chi connectivity index (χ1v) is 6.62. The van der Waals surface area contributed by atoms with Crippen molar-refractivity contribution in [3.63, 3.8) is 0 Å². The number of aromatic nitrogens is 2. The standard InChI is InChI=1S/C10H17N3O3S/c1-4-5-13(6-7-14)17(15,16)10-8(2)11-12-9(10)3/h4,14H,1,5-7H2,2-3H3,(H,11,12). The summed E-state index contributed by atoms with van der Waals surface area (Å²) in [6.07, 6.45) is 1.48. The summed E-state index contributed by atoms with van der Waals surface area (Å²) in [7, 11) is -3.64. The van der Waals surface area contributed by atoms with Gasteiger partial charge in [0.2, 0.25) is 10.0 Å². The topological polar surface area (TPSA) is 86.3 Å². The molecule has 1 aromatic rings. The van der Waals surface area contributed by atoms with Crippen molar-refractivity contribution in [3.05, 3.63) is 24.0 Å². The number of hydrogen-bond acceptors (Lipinski definition) is 4. The molecule has 17 heavy (non-hydrogen) atoms. The third-order valence-corrected chi connectivity index (χ3v) is 4.47. The molecule has 6 nitrogen and oxygen atoms in total. The van der Waals surface area contributed by atoms with E-state index in [2.05, 4.69) is 16.8 Å². The summed E-state index contributed by atoms with van der Waals surface area (Å²) in [4.78, 5) is 0.174. The van der Waals surface area contributed by atoms with Crippen LogP contribution in [-0.4, -0.2) is 47.7 Å². The molecule has 1 rings (SSSR count). The maximum atomic E-state index is 12.3. The molecule has 0 aromatic carbocycles. The van der Waals surface area contributed by atoms with Crippen LogP contribution < -0.4 is 0 Å². The van der Waals surface area contributed by atoms with E-state index in [1.54, 1.807) is 13.8 Å². The molecule has 1 aromatic heterocycles. The van der Waals surface area contributed by atoms with Gasteiger partial charge < -0.3 is 5.11 Å². The van der Waals surface area contributed by atoms with Gasteiger partial charge in [0, 0.05) is 13.1 Å². The Kier molecular flexibility index (Phi) is 4.44. The lowest BCUT2D eigenvalue weighted by molar-refractivity contribution is 0.260. The highest BCUT2D eigenvalue weighted by Crippen LogP contribution is 2.21. The van der Waals surface area contributed by atoms with Gasteiger partial charge in [0.05, 0.1) is 18.0 Å². The first-order valence-electron chi connectivity index (χ1n) is 5.18. The SMILES string of the molecule is C=CCN(CCO)S(=O)(=O)c1c(C)n[nH]c1C. The number of hydrogen-bond donors (Lipinski definition) is 2. The lowest BCUT2D eigenvalue weighted by Crippen LogP contribution is -2.34. The van der Waals surface area contributed by atoms with Crippen molar-refractivity contribution < 1.29 is 13.5 Å². The highest BCUT2D eigenvalue weighted by atomic mass is 32.2. The van der Waals surface area contributed by atoms with E-state index >= 15 is 0 Å². The zero-order valence-electron chi connectivity index (χ0n) is 9.97. The molecule has 0 spiro atoms. The van der Waals surface area contributed by atoms with Gasteiger partial charge in [-0.3, -0.25) is 5.10 Å². The quantitative estimate of drug-likeness (QED) is 0.714. The molecule has 0 aliphatic carbocycles. The van der Waals surface area contributed by atoms with E-state index < -0.39 is 10.0 Å². The number of aliphatic hydroxyl groups is 1. The molecule has 0 saturated heterocycles. The molecule has 0 atom stereocenters. The van der Waals surface area contributed by atoms with Crippen LogP contribution in [0.15, 0.2) is 17.6 Å². The van der Waals surface area contributed by atoms with E-state index in [1.807, 2.05) is 0 Å². The summed E-state index contributed by atoms with van der Waals surface area (Å²) in [6.45, 7) is 6.76. The van der Waals surface area contributed by atoms with Crippen molar-refractivity contribution in [1.29, 1.82) is 0 Å². The number of sulfonamides is 1. The van der Waals surface area contributed by atoms with Crippen molar-refractivity contribution in [1.82, 2.24) is 14.5 Å². The lowest BCUT2D eigenvalue weighted by atomic mass is 10.4. The number of aryl methyl sites for hydroxylation is 2. The Labute approximate surface area is 101 Å². The summed E-state index contributed by atoms with van der Waals surface area (Å²) < 4.78 is 25.8. The van der Waals surface area contributed by atoms with Crippen LogP contribution >= 0.6 is 0 Å². The summed E-state index contributed by atoms with van der Waals surface area (Å²) in [5, 5.41) is 15.4. The Morgan fingerprint density at radius 2 is 2.18 bits per heavy atom. The number of H-pyrrole nitrogens is 1. The Bertz CT molecular complexity index is 473. The zero-order chi connectivity index (χ0) is 13.1. The van der Waals surface area contributed by atoms with E-state index in [0.29, 0.717) is 11.4 Å². The van der Waals surface area contributed by atoms with Crippen LogP contribution in [0.4, 0.5) is 0 Å². The van der Waals surface area contributed by atoms with Gasteiger partial charge in [-0.15, -0.1) is 6.58 Å². The van der Waals surface area contributed by atoms with Crippen molar-refractivity contribution in [2.45, 2.75) is 18.7 Å². The van der Waals surface area contributed by atoms with Crippen LogP contribution in [-0.2, 0) is 10.0 Å². The fourth-order valence-corrected chi connectivity index (χ4v) is 3.35. The molecule has 2 N–H and O–H groups in total.